The largest absolute Gasteiger partial charge is 0.492 e. The number of urea groups is 1. The fraction of sp³-hybridized carbons (Fsp3) is 0.579. The van der Waals surface area contributed by atoms with Crippen LogP contribution in [0.3, 0.4) is 0 Å². The molecule has 1 heterocycles. The molecule has 132 valence electrons. The Hall–Kier alpha value is -2.04. The summed E-state index contributed by atoms with van der Waals surface area (Å²) in [6.07, 6.45) is 5.04. The molecule has 0 radical (unpaired) electrons. The zero-order valence-electron chi connectivity index (χ0n) is 14.9. The van der Waals surface area contributed by atoms with E-state index in [1.807, 2.05) is 38.1 Å². The predicted molar refractivity (Wildman–Crippen MR) is 94.1 cm³/mol. The lowest BCUT2D eigenvalue weighted by atomic mass is 9.94. The predicted octanol–water partition coefficient (Wildman–Crippen LogP) is 3.65. The van der Waals surface area contributed by atoms with Gasteiger partial charge in [-0.3, -0.25) is 9.69 Å². The van der Waals surface area contributed by atoms with E-state index in [4.69, 9.17) is 4.74 Å². The monoisotopic (exact) mass is 332 g/mol. The normalized spacial score (nSPS) is 20.4. The first-order valence-electron chi connectivity index (χ1n) is 8.80. The zero-order chi connectivity index (χ0) is 17.6. The molecule has 0 spiro atoms. The third-order valence-corrected chi connectivity index (χ3v) is 4.48. The SMILES string of the molecule is CCCCCCC1(C)NC(=O)N(CCOc2ccc(C)cc2)C1=O. The van der Waals surface area contributed by atoms with E-state index in [1.165, 1.54) is 4.90 Å². The van der Waals surface area contributed by atoms with Crippen LogP contribution in [-0.2, 0) is 4.79 Å². The van der Waals surface area contributed by atoms with Crippen LogP contribution in [0.25, 0.3) is 0 Å². The maximum Gasteiger partial charge on any atom is 0.325 e. The van der Waals surface area contributed by atoms with E-state index in [1.54, 1.807) is 0 Å². The van der Waals surface area contributed by atoms with Crippen LogP contribution in [0, 0.1) is 6.92 Å². The second kappa shape index (κ2) is 8.18. The van der Waals surface area contributed by atoms with E-state index < -0.39 is 5.54 Å². The summed E-state index contributed by atoms with van der Waals surface area (Å²) in [5, 5.41) is 2.85. The van der Waals surface area contributed by atoms with Crippen molar-refractivity contribution < 1.29 is 14.3 Å². The van der Waals surface area contributed by atoms with E-state index in [9.17, 15) is 9.59 Å². The van der Waals surface area contributed by atoms with E-state index >= 15 is 0 Å². The van der Waals surface area contributed by atoms with Crippen LogP contribution in [0.15, 0.2) is 24.3 Å². The molecular formula is C19H28N2O3. The standard InChI is InChI=1S/C19H28N2O3/c1-4-5-6-7-12-19(3)17(22)21(18(23)20-19)13-14-24-16-10-8-15(2)9-11-16/h8-11H,4-7,12-14H2,1-3H3,(H,20,23). The maximum atomic E-state index is 12.6. The molecule has 0 aliphatic carbocycles. The van der Waals surface area contributed by atoms with Gasteiger partial charge in [-0.25, -0.2) is 4.79 Å². The van der Waals surface area contributed by atoms with Gasteiger partial charge in [0, 0.05) is 0 Å². The first-order chi connectivity index (χ1) is 11.5. The number of carbonyl (C=O) groups is 2. The topological polar surface area (TPSA) is 58.6 Å². The minimum absolute atomic E-state index is 0.142. The third kappa shape index (κ3) is 4.49. The average molecular weight is 332 g/mol. The summed E-state index contributed by atoms with van der Waals surface area (Å²) in [6.45, 7) is 6.55. The molecule has 24 heavy (non-hydrogen) atoms. The number of amides is 3. The summed E-state index contributed by atoms with van der Waals surface area (Å²) in [5.74, 6) is 0.603. The fourth-order valence-electron chi connectivity index (χ4n) is 2.91. The molecule has 0 saturated carbocycles. The summed E-state index contributed by atoms with van der Waals surface area (Å²) in [5.41, 5.74) is 0.393. The Balaban J connectivity index is 1.83. The highest BCUT2D eigenvalue weighted by molar-refractivity contribution is 6.06. The molecule has 2 rings (SSSR count). The molecule has 1 aromatic carbocycles. The highest BCUT2D eigenvalue weighted by Gasteiger charge is 2.46. The van der Waals surface area contributed by atoms with Crippen LogP contribution in [0.4, 0.5) is 4.79 Å². The van der Waals surface area contributed by atoms with Crippen LogP contribution >= 0.6 is 0 Å². The highest BCUT2D eigenvalue weighted by atomic mass is 16.5. The van der Waals surface area contributed by atoms with Gasteiger partial charge in [0.25, 0.3) is 5.91 Å². The van der Waals surface area contributed by atoms with Gasteiger partial charge in [0.05, 0.1) is 6.54 Å². The summed E-state index contributed by atoms with van der Waals surface area (Å²) < 4.78 is 5.63. The summed E-state index contributed by atoms with van der Waals surface area (Å²) in [6, 6.07) is 7.40. The van der Waals surface area contributed by atoms with Crippen molar-refractivity contribution >= 4 is 11.9 Å². The van der Waals surface area contributed by atoms with E-state index in [-0.39, 0.29) is 18.5 Å². The lowest BCUT2D eigenvalue weighted by Crippen LogP contribution is -2.44. The maximum absolute atomic E-state index is 12.6. The molecule has 0 bridgehead atoms. The van der Waals surface area contributed by atoms with Crippen molar-refractivity contribution in [2.24, 2.45) is 0 Å². The zero-order valence-corrected chi connectivity index (χ0v) is 14.9. The van der Waals surface area contributed by atoms with Crippen molar-refractivity contribution in [1.29, 1.82) is 0 Å². The number of imide groups is 1. The lowest BCUT2D eigenvalue weighted by molar-refractivity contribution is -0.131. The number of ether oxygens (including phenoxy) is 1. The van der Waals surface area contributed by atoms with Gasteiger partial charge in [0.2, 0.25) is 0 Å². The molecule has 3 amide bonds. The summed E-state index contributed by atoms with van der Waals surface area (Å²) >= 11 is 0. The first-order valence-corrected chi connectivity index (χ1v) is 8.80. The lowest BCUT2D eigenvalue weighted by Gasteiger charge is -2.21. The number of carbonyl (C=O) groups excluding carboxylic acids is 2. The van der Waals surface area contributed by atoms with Crippen molar-refractivity contribution in [3.8, 4) is 5.75 Å². The van der Waals surface area contributed by atoms with Crippen molar-refractivity contribution in [2.75, 3.05) is 13.2 Å². The number of rotatable bonds is 9. The van der Waals surface area contributed by atoms with Crippen molar-refractivity contribution in [2.45, 2.75) is 58.4 Å². The Morgan fingerprint density at radius 3 is 2.50 bits per heavy atom. The van der Waals surface area contributed by atoms with E-state index in [2.05, 4.69) is 12.2 Å². The Labute approximate surface area is 144 Å². The molecule has 1 aliphatic heterocycles. The van der Waals surface area contributed by atoms with Crippen LogP contribution < -0.4 is 10.1 Å². The van der Waals surface area contributed by atoms with Gasteiger partial charge in [-0.1, -0.05) is 50.3 Å². The third-order valence-electron chi connectivity index (χ3n) is 4.48. The summed E-state index contributed by atoms with van der Waals surface area (Å²) in [7, 11) is 0. The Morgan fingerprint density at radius 2 is 1.83 bits per heavy atom. The molecule has 1 fully saturated rings. The Bertz CT molecular complexity index is 570. The summed E-state index contributed by atoms with van der Waals surface area (Å²) in [4.78, 5) is 26.0. The molecule has 5 heteroatoms. The number of unbranched alkanes of at least 4 members (excludes halogenated alkanes) is 3. The molecule has 1 aromatic rings. The molecule has 5 nitrogen and oxygen atoms in total. The van der Waals surface area contributed by atoms with Crippen molar-refractivity contribution in [1.82, 2.24) is 10.2 Å². The Morgan fingerprint density at radius 1 is 1.12 bits per heavy atom. The minimum Gasteiger partial charge on any atom is -0.492 e. The average Bonchev–Trinajstić information content (AvgIpc) is 2.77. The molecule has 1 aliphatic rings. The van der Waals surface area contributed by atoms with Gasteiger partial charge in [0.15, 0.2) is 0 Å². The van der Waals surface area contributed by atoms with E-state index in [0.29, 0.717) is 13.0 Å². The van der Waals surface area contributed by atoms with Gasteiger partial charge >= 0.3 is 6.03 Å². The molecule has 1 saturated heterocycles. The highest BCUT2D eigenvalue weighted by Crippen LogP contribution is 2.24. The number of hydrogen-bond donors (Lipinski definition) is 1. The van der Waals surface area contributed by atoms with Crippen LogP contribution in [-0.4, -0.2) is 35.5 Å². The van der Waals surface area contributed by atoms with Gasteiger partial charge in [-0.2, -0.15) is 0 Å². The number of hydrogen-bond acceptors (Lipinski definition) is 3. The second-order valence-corrected chi connectivity index (χ2v) is 6.69. The first kappa shape index (κ1) is 18.3. The van der Waals surface area contributed by atoms with Crippen molar-refractivity contribution in [3.05, 3.63) is 29.8 Å². The molecule has 1 atom stereocenters. The van der Waals surface area contributed by atoms with Gasteiger partial charge in [-0.05, 0) is 32.4 Å². The molecular weight excluding hydrogens is 304 g/mol. The van der Waals surface area contributed by atoms with Gasteiger partial charge < -0.3 is 10.1 Å². The number of nitrogens with zero attached hydrogens (tertiary/aromatic N) is 1. The van der Waals surface area contributed by atoms with Crippen LogP contribution in [0.2, 0.25) is 0 Å². The van der Waals surface area contributed by atoms with Crippen LogP contribution in [0.1, 0.15) is 51.5 Å². The molecule has 1 unspecified atom stereocenters. The Kier molecular flexibility index (Phi) is 6.23. The van der Waals surface area contributed by atoms with Gasteiger partial charge in [-0.15, -0.1) is 0 Å². The fourth-order valence-corrected chi connectivity index (χ4v) is 2.91. The smallest absolute Gasteiger partial charge is 0.325 e. The number of aryl methyl sites for hydroxylation is 1. The van der Waals surface area contributed by atoms with Gasteiger partial charge in [0.1, 0.15) is 17.9 Å². The van der Waals surface area contributed by atoms with Crippen molar-refractivity contribution in [3.63, 3.8) is 0 Å². The van der Waals surface area contributed by atoms with Crippen LogP contribution in [0.5, 0.6) is 5.75 Å². The molecule has 0 aromatic heterocycles. The second-order valence-electron chi connectivity index (χ2n) is 6.69. The quantitative estimate of drug-likeness (QED) is 0.554. The minimum atomic E-state index is -0.769. The molecule has 1 N–H and O–H groups in total. The number of benzene rings is 1. The van der Waals surface area contributed by atoms with E-state index in [0.717, 1.165) is 37.0 Å². The number of nitrogens with one attached hydrogen (secondary N) is 1.